The Morgan fingerprint density at radius 2 is 1.59 bits per heavy atom. The van der Waals surface area contributed by atoms with Crippen LogP contribution in [-0.4, -0.2) is 16.6 Å². The van der Waals surface area contributed by atoms with E-state index in [1.807, 2.05) is 32.9 Å². The standard InChI is InChI=1S/C10H12BrNO.C6H5Br2N/c1-4-13-8(3)10-5-7(2)9(11)6-12-10;1-4-2-6(8)9-3-5(4)7/h5-6H,3-4H2,1-2H3;2-3H,1H3. The first-order valence-corrected chi connectivity index (χ1v) is 8.95. The van der Waals surface area contributed by atoms with Crippen LogP contribution in [0.15, 0.2) is 44.7 Å². The van der Waals surface area contributed by atoms with Crippen LogP contribution >= 0.6 is 47.8 Å². The molecule has 0 fully saturated rings. The van der Waals surface area contributed by atoms with Gasteiger partial charge in [0.1, 0.15) is 16.1 Å². The molecule has 6 heteroatoms. The van der Waals surface area contributed by atoms with Crippen LogP contribution in [0.25, 0.3) is 5.76 Å². The fourth-order valence-electron chi connectivity index (χ4n) is 1.45. The third kappa shape index (κ3) is 6.18. The van der Waals surface area contributed by atoms with Crippen LogP contribution in [0.4, 0.5) is 0 Å². The fraction of sp³-hybridized carbons (Fsp3) is 0.250. The first-order valence-electron chi connectivity index (χ1n) is 6.57. The first-order chi connectivity index (χ1) is 10.3. The highest BCUT2D eigenvalue weighted by atomic mass is 79.9. The maximum atomic E-state index is 5.25. The summed E-state index contributed by atoms with van der Waals surface area (Å²) in [7, 11) is 0. The summed E-state index contributed by atoms with van der Waals surface area (Å²) in [6.45, 7) is 10.4. The zero-order valence-electron chi connectivity index (χ0n) is 12.7. The van der Waals surface area contributed by atoms with Crippen molar-refractivity contribution >= 4 is 53.5 Å². The van der Waals surface area contributed by atoms with Crippen molar-refractivity contribution in [1.82, 2.24) is 9.97 Å². The lowest BCUT2D eigenvalue weighted by Crippen LogP contribution is -1.94. The Labute approximate surface area is 156 Å². The highest BCUT2D eigenvalue weighted by Crippen LogP contribution is 2.19. The summed E-state index contributed by atoms with van der Waals surface area (Å²) in [4.78, 5) is 8.20. The van der Waals surface area contributed by atoms with E-state index in [9.17, 15) is 0 Å². The molecular formula is C16H17Br3N2O. The lowest BCUT2D eigenvalue weighted by Gasteiger charge is -2.06. The molecule has 0 amide bonds. The number of pyridine rings is 2. The quantitative estimate of drug-likeness (QED) is 0.385. The summed E-state index contributed by atoms with van der Waals surface area (Å²) < 4.78 is 8.18. The number of rotatable bonds is 3. The van der Waals surface area contributed by atoms with Gasteiger partial charge in [-0.3, -0.25) is 4.98 Å². The molecule has 3 nitrogen and oxygen atoms in total. The second kappa shape index (κ2) is 9.43. The van der Waals surface area contributed by atoms with Gasteiger partial charge in [0.2, 0.25) is 0 Å². The van der Waals surface area contributed by atoms with E-state index >= 15 is 0 Å². The number of hydrogen-bond donors (Lipinski definition) is 0. The molecule has 2 heterocycles. The molecule has 0 spiro atoms. The van der Waals surface area contributed by atoms with Gasteiger partial charge in [0.15, 0.2) is 0 Å². The Hall–Kier alpha value is -0.720. The summed E-state index contributed by atoms with van der Waals surface area (Å²) in [5.41, 5.74) is 3.12. The predicted molar refractivity (Wildman–Crippen MR) is 102 cm³/mol. The zero-order chi connectivity index (χ0) is 16.7. The van der Waals surface area contributed by atoms with Crippen LogP contribution in [0.1, 0.15) is 23.7 Å². The van der Waals surface area contributed by atoms with Crippen molar-refractivity contribution in [2.45, 2.75) is 20.8 Å². The number of aromatic nitrogens is 2. The van der Waals surface area contributed by atoms with Crippen LogP contribution < -0.4 is 0 Å². The van der Waals surface area contributed by atoms with Crippen molar-refractivity contribution in [2.24, 2.45) is 0 Å². The van der Waals surface area contributed by atoms with E-state index in [1.165, 1.54) is 5.56 Å². The lowest BCUT2D eigenvalue weighted by atomic mass is 10.2. The van der Waals surface area contributed by atoms with Gasteiger partial charge >= 0.3 is 0 Å². The monoisotopic (exact) mass is 490 g/mol. The average molecular weight is 493 g/mol. The summed E-state index contributed by atoms with van der Waals surface area (Å²) in [6.07, 6.45) is 3.54. The summed E-state index contributed by atoms with van der Waals surface area (Å²) in [6, 6.07) is 3.91. The van der Waals surface area contributed by atoms with Crippen molar-refractivity contribution in [1.29, 1.82) is 0 Å². The van der Waals surface area contributed by atoms with E-state index in [1.54, 1.807) is 12.4 Å². The minimum Gasteiger partial charge on any atom is -0.492 e. The molecule has 0 saturated carbocycles. The molecule has 0 aliphatic heterocycles. The lowest BCUT2D eigenvalue weighted by molar-refractivity contribution is 0.297. The molecule has 2 aromatic rings. The van der Waals surface area contributed by atoms with Gasteiger partial charge in [-0.05, 0) is 91.8 Å². The zero-order valence-corrected chi connectivity index (χ0v) is 17.4. The van der Waals surface area contributed by atoms with Gasteiger partial charge < -0.3 is 4.74 Å². The van der Waals surface area contributed by atoms with Crippen molar-refractivity contribution in [2.75, 3.05) is 6.61 Å². The summed E-state index contributed by atoms with van der Waals surface area (Å²) in [5.74, 6) is 0.623. The van der Waals surface area contributed by atoms with Gasteiger partial charge in [-0.25, -0.2) is 4.98 Å². The van der Waals surface area contributed by atoms with Gasteiger partial charge in [-0.2, -0.15) is 0 Å². The summed E-state index contributed by atoms with van der Waals surface area (Å²) >= 11 is 9.99. The van der Waals surface area contributed by atoms with E-state index < -0.39 is 0 Å². The van der Waals surface area contributed by atoms with Gasteiger partial charge in [0.05, 0.1) is 6.61 Å². The Kier molecular flexibility index (Phi) is 8.28. The SMILES string of the molecule is C=C(OCC)c1cc(C)c(Br)cn1.Cc1cc(Br)ncc1Br. The predicted octanol–water partition coefficient (Wildman–Crippen LogP) is 6.07. The molecule has 0 saturated heterocycles. The maximum Gasteiger partial charge on any atom is 0.137 e. The average Bonchev–Trinajstić information content (AvgIpc) is 2.47. The molecule has 0 radical (unpaired) electrons. The van der Waals surface area contributed by atoms with Crippen LogP contribution in [-0.2, 0) is 4.74 Å². The molecule has 118 valence electrons. The second-order valence-electron chi connectivity index (χ2n) is 4.43. The molecule has 0 atom stereocenters. The van der Waals surface area contributed by atoms with E-state index in [2.05, 4.69) is 64.3 Å². The Morgan fingerprint density at radius 3 is 2.05 bits per heavy atom. The van der Waals surface area contributed by atoms with Crippen molar-refractivity contribution in [3.63, 3.8) is 0 Å². The molecule has 0 aliphatic rings. The van der Waals surface area contributed by atoms with E-state index in [0.717, 1.165) is 24.8 Å². The molecule has 0 aromatic carbocycles. The fourth-order valence-corrected chi connectivity index (χ4v) is 2.32. The first kappa shape index (κ1) is 19.3. The van der Waals surface area contributed by atoms with Crippen molar-refractivity contribution < 1.29 is 4.74 Å². The minimum atomic E-state index is 0.621. The van der Waals surface area contributed by atoms with Crippen LogP contribution in [0.5, 0.6) is 0 Å². The van der Waals surface area contributed by atoms with Gasteiger partial charge in [0, 0.05) is 21.3 Å². The molecular weight excluding hydrogens is 476 g/mol. The van der Waals surface area contributed by atoms with Crippen LogP contribution in [0.2, 0.25) is 0 Å². The number of nitrogens with zero attached hydrogens (tertiary/aromatic N) is 2. The van der Waals surface area contributed by atoms with Gasteiger partial charge in [-0.1, -0.05) is 6.58 Å². The Morgan fingerprint density at radius 1 is 1.05 bits per heavy atom. The van der Waals surface area contributed by atoms with Gasteiger partial charge in [-0.15, -0.1) is 0 Å². The third-order valence-corrected chi connectivity index (χ3v) is 4.76. The van der Waals surface area contributed by atoms with Crippen LogP contribution in [0, 0.1) is 13.8 Å². The molecule has 0 aliphatic carbocycles. The van der Waals surface area contributed by atoms with E-state index in [-0.39, 0.29) is 0 Å². The number of halogens is 3. The topological polar surface area (TPSA) is 35.0 Å². The Bertz CT molecular complexity index is 660. The molecule has 0 N–H and O–H groups in total. The van der Waals surface area contributed by atoms with Crippen molar-refractivity contribution in [3.8, 4) is 0 Å². The summed E-state index contributed by atoms with van der Waals surface area (Å²) in [5, 5.41) is 0. The molecule has 0 unspecified atom stereocenters. The maximum absolute atomic E-state index is 5.25. The van der Waals surface area contributed by atoms with E-state index in [4.69, 9.17) is 4.74 Å². The second-order valence-corrected chi connectivity index (χ2v) is 6.95. The highest BCUT2D eigenvalue weighted by Gasteiger charge is 2.02. The molecule has 2 aromatic heterocycles. The number of ether oxygens (including phenoxy) is 1. The minimum absolute atomic E-state index is 0.621. The van der Waals surface area contributed by atoms with Crippen molar-refractivity contribution in [3.05, 3.63) is 61.5 Å². The molecule has 22 heavy (non-hydrogen) atoms. The number of aryl methyl sites for hydroxylation is 2. The van der Waals surface area contributed by atoms with Crippen LogP contribution in [0.3, 0.4) is 0 Å². The number of hydrogen-bond acceptors (Lipinski definition) is 3. The molecule has 0 bridgehead atoms. The Balaban J connectivity index is 0.000000235. The van der Waals surface area contributed by atoms with E-state index in [0.29, 0.717) is 12.4 Å². The molecule has 2 rings (SSSR count). The normalized spacial score (nSPS) is 9.73. The largest absolute Gasteiger partial charge is 0.492 e. The third-order valence-electron chi connectivity index (χ3n) is 2.66. The highest BCUT2D eigenvalue weighted by molar-refractivity contribution is 9.11. The smallest absolute Gasteiger partial charge is 0.137 e. The van der Waals surface area contributed by atoms with Gasteiger partial charge in [0.25, 0.3) is 0 Å².